The van der Waals surface area contributed by atoms with Crippen molar-refractivity contribution in [3.8, 4) is 11.5 Å². The van der Waals surface area contributed by atoms with Crippen LogP contribution in [0.25, 0.3) is 11.5 Å². The SMILES string of the molecule is Cn1ccnc1-c1cc(NC(=O)NC2Cc3ccccc3C2)n(C)n1. The third kappa shape index (κ3) is 3.00. The van der Waals surface area contributed by atoms with Crippen LogP contribution >= 0.6 is 0 Å². The van der Waals surface area contributed by atoms with E-state index >= 15 is 0 Å². The van der Waals surface area contributed by atoms with Gasteiger partial charge in [0.15, 0.2) is 5.82 Å². The smallest absolute Gasteiger partial charge is 0.320 e. The van der Waals surface area contributed by atoms with Crippen LogP contribution in [0.5, 0.6) is 0 Å². The van der Waals surface area contributed by atoms with Gasteiger partial charge in [-0.1, -0.05) is 24.3 Å². The molecule has 0 unspecified atom stereocenters. The molecule has 0 bridgehead atoms. The molecule has 7 heteroatoms. The number of amides is 2. The summed E-state index contributed by atoms with van der Waals surface area (Å²) < 4.78 is 3.54. The van der Waals surface area contributed by atoms with Crippen LogP contribution in [0, 0.1) is 0 Å². The molecule has 2 aromatic heterocycles. The maximum Gasteiger partial charge on any atom is 0.320 e. The van der Waals surface area contributed by atoms with Crippen molar-refractivity contribution in [3.05, 3.63) is 53.9 Å². The fraction of sp³-hybridized carbons (Fsp3) is 0.278. The third-order valence-electron chi connectivity index (χ3n) is 4.56. The first-order valence-electron chi connectivity index (χ1n) is 8.26. The number of nitrogens with one attached hydrogen (secondary N) is 2. The van der Waals surface area contributed by atoms with Crippen molar-refractivity contribution < 1.29 is 4.79 Å². The zero-order valence-corrected chi connectivity index (χ0v) is 14.2. The van der Waals surface area contributed by atoms with Gasteiger partial charge in [-0.05, 0) is 24.0 Å². The van der Waals surface area contributed by atoms with Gasteiger partial charge in [0.05, 0.1) is 0 Å². The molecule has 25 heavy (non-hydrogen) atoms. The van der Waals surface area contributed by atoms with Crippen molar-refractivity contribution in [2.75, 3.05) is 5.32 Å². The first kappa shape index (κ1) is 15.4. The summed E-state index contributed by atoms with van der Waals surface area (Å²) in [7, 11) is 3.71. The Morgan fingerprint density at radius 1 is 1.20 bits per heavy atom. The van der Waals surface area contributed by atoms with E-state index in [1.54, 1.807) is 17.9 Å². The standard InChI is InChI=1S/C18H20N6O/c1-23-8-7-19-17(23)15-11-16(24(2)22-15)21-18(25)20-14-9-12-5-3-4-6-13(12)10-14/h3-8,11,14H,9-10H2,1-2H3,(H2,20,21,25). The molecule has 4 rings (SSSR count). The maximum absolute atomic E-state index is 12.4. The number of carbonyl (C=O) groups is 1. The van der Waals surface area contributed by atoms with Gasteiger partial charge in [-0.2, -0.15) is 5.10 Å². The van der Waals surface area contributed by atoms with Gasteiger partial charge in [-0.15, -0.1) is 0 Å². The van der Waals surface area contributed by atoms with E-state index in [9.17, 15) is 4.79 Å². The Morgan fingerprint density at radius 3 is 2.56 bits per heavy atom. The van der Waals surface area contributed by atoms with Crippen molar-refractivity contribution in [1.82, 2.24) is 24.6 Å². The van der Waals surface area contributed by atoms with Crippen LogP contribution < -0.4 is 10.6 Å². The van der Waals surface area contributed by atoms with E-state index < -0.39 is 0 Å². The van der Waals surface area contributed by atoms with Crippen LogP contribution in [0.2, 0.25) is 0 Å². The maximum atomic E-state index is 12.4. The molecule has 0 fully saturated rings. The summed E-state index contributed by atoms with van der Waals surface area (Å²) in [5, 5.41) is 10.3. The number of anilines is 1. The quantitative estimate of drug-likeness (QED) is 0.769. The Hall–Kier alpha value is -3.09. The monoisotopic (exact) mass is 336 g/mol. The fourth-order valence-electron chi connectivity index (χ4n) is 3.30. The Balaban J connectivity index is 1.42. The highest BCUT2D eigenvalue weighted by atomic mass is 16.2. The number of nitrogens with zero attached hydrogens (tertiary/aromatic N) is 4. The van der Waals surface area contributed by atoms with Crippen molar-refractivity contribution in [3.63, 3.8) is 0 Å². The van der Waals surface area contributed by atoms with Gasteiger partial charge in [0.25, 0.3) is 0 Å². The number of hydrogen-bond acceptors (Lipinski definition) is 3. The lowest BCUT2D eigenvalue weighted by Crippen LogP contribution is -2.38. The van der Waals surface area contributed by atoms with E-state index in [1.807, 2.05) is 36.0 Å². The summed E-state index contributed by atoms with van der Waals surface area (Å²) in [6.07, 6.45) is 5.32. The molecule has 2 heterocycles. The number of fused-ring (bicyclic) bond motifs is 1. The Bertz CT molecular complexity index is 900. The minimum atomic E-state index is -0.216. The van der Waals surface area contributed by atoms with E-state index in [0.717, 1.165) is 24.4 Å². The number of urea groups is 1. The average Bonchev–Trinajstić information content (AvgIpc) is 3.26. The molecule has 0 saturated heterocycles. The molecule has 0 aliphatic heterocycles. The molecule has 1 aliphatic carbocycles. The van der Waals surface area contributed by atoms with Gasteiger partial charge in [0.1, 0.15) is 11.5 Å². The molecule has 2 amide bonds. The summed E-state index contributed by atoms with van der Waals surface area (Å²) in [5.74, 6) is 1.39. The number of benzene rings is 1. The van der Waals surface area contributed by atoms with E-state index in [1.165, 1.54) is 11.1 Å². The molecule has 128 valence electrons. The topological polar surface area (TPSA) is 76.8 Å². The lowest BCUT2D eigenvalue weighted by molar-refractivity contribution is 0.248. The Labute approximate surface area is 145 Å². The molecule has 7 nitrogen and oxygen atoms in total. The van der Waals surface area contributed by atoms with Gasteiger partial charge in [0.2, 0.25) is 0 Å². The minimum Gasteiger partial charge on any atom is -0.334 e. The highest BCUT2D eigenvalue weighted by Gasteiger charge is 2.23. The van der Waals surface area contributed by atoms with Crippen LogP contribution in [0.4, 0.5) is 10.6 Å². The fourth-order valence-corrected chi connectivity index (χ4v) is 3.30. The Kier molecular flexibility index (Phi) is 3.76. The second-order valence-electron chi connectivity index (χ2n) is 6.37. The number of carbonyl (C=O) groups excluding carboxylic acids is 1. The van der Waals surface area contributed by atoms with Crippen LogP contribution in [0.15, 0.2) is 42.7 Å². The molecule has 1 aromatic carbocycles. The first-order valence-corrected chi connectivity index (χ1v) is 8.26. The van der Waals surface area contributed by atoms with Crippen LogP contribution in [0.3, 0.4) is 0 Å². The first-order chi connectivity index (χ1) is 12.1. The molecule has 3 aromatic rings. The molecule has 0 spiro atoms. The third-order valence-corrected chi connectivity index (χ3v) is 4.56. The number of aryl methyl sites for hydroxylation is 2. The van der Waals surface area contributed by atoms with Gasteiger partial charge in [0, 0.05) is 38.6 Å². The summed E-state index contributed by atoms with van der Waals surface area (Å²) in [4.78, 5) is 16.6. The summed E-state index contributed by atoms with van der Waals surface area (Å²) in [5.41, 5.74) is 3.34. The summed E-state index contributed by atoms with van der Waals surface area (Å²) >= 11 is 0. The van der Waals surface area contributed by atoms with Crippen molar-refractivity contribution in [1.29, 1.82) is 0 Å². The van der Waals surface area contributed by atoms with Crippen LogP contribution in [-0.2, 0) is 26.9 Å². The number of imidazole rings is 1. The lowest BCUT2D eigenvalue weighted by atomic mass is 10.1. The van der Waals surface area contributed by atoms with Crippen LogP contribution in [-0.4, -0.2) is 31.4 Å². The summed E-state index contributed by atoms with van der Waals surface area (Å²) in [6.45, 7) is 0. The highest BCUT2D eigenvalue weighted by molar-refractivity contribution is 5.89. The predicted molar refractivity (Wildman–Crippen MR) is 95.2 cm³/mol. The van der Waals surface area contributed by atoms with Crippen molar-refractivity contribution in [2.24, 2.45) is 14.1 Å². The molecule has 0 radical (unpaired) electrons. The van der Waals surface area contributed by atoms with Crippen molar-refractivity contribution >= 4 is 11.8 Å². The predicted octanol–water partition coefficient (Wildman–Crippen LogP) is 2.11. The molecule has 1 aliphatic rings. The van der Waals surface area contributed by atoms with Crippen molar-refractivity contribution in [2.45, 2.75) is 18.9 Å². The zero-order chi connectivity index (χ0) is 17.4. The van der Waals surface area contributed by atoms with Crippen LogP contribution in [0.1, 0.15) is 11.1 Å². The largest absolute Gasteiger partial charge is 0.334 e. The van der Waals surface area contributed by atoms with Gasteiger partial charge < -0.3 is 9.88 Å². The second-order valence-corrected chi connectivity index (χ2v) is 6.37. The molecule has 0 saturated carbocycles. The number of hydrogen-bond donors (Lipinski definition) is 2. The average molecular weight is 336 g/mol. The lowest BCUT2D eigenvalue weighted by Gasteiger charge is -2.13. The molecular weight excluding hydrogens is 316 g/mol. The highest BCUT2D eigenvalue weighted by Crippen LogP contribution is 2.22. The second kappa shape index (κ2) is 6.08. The van der Waals surface area contributed by atoms with E-state index in [2.05, 4.69) is 32.8 Å². The zero-order valence-electron chi connectivity index (χ0n) is 14.2. The number of aromatic nitrogens is 4. The Morgan fingerprint density at radius 2 is 1.92 bits per heavy atom. The van der Waals surface area contributed by atoms with E-state index in [4.69, 9.17) is 0 Å². The molecular formula is C18H20N6O. The molecule has 0 atom stereocenters. The van der Waals surface area contributed by atoms with E-state index in [0.29, 0.717) is 5.82 Å². The van der Waals surface area contributed by atoms with Gasteiger partial charge in [-0.3, -0.25) is 10.00 Å². The minimum absolute atomic E-state index is 0.125. The number of rotatable bonds is 3. The van der Waals surface area contributed by atoms with Gasteiger partial charge >= 0.3 is 6.03 Å². The van der Waals surface area contributed by atoms with E-state index in [-0.39, 0.29) is 12.1 Å². The summed E-state index contributed by atoms with van der Waals surface area (Å²) in [6, 6.07) is 10.0. The molecule has 2 N–H and O–H groups in total. The van der Waals surface area contributed by atoms with Gasteiger partial charge in [-0.25, -0.2) is 9.78 Å². The normalized spacial score (nSPS) is 13.7.